The minimum atomic E-state index is -0.447. The molecule has 1 fully saturated rings. The Labute approximate surface area is 82.3 Å². The molecule has 1 aliphatic heterocycles. The third kappa shape index (κ3) is 2.25. The van der Waals surface area contributed by atoms with Crippen LogP contribution < -0.4 is 0 Å². The van der Waals surface area contributed by atoms with Crippen LogP contribution in [0.4, 0.5) is 4.79 Å². The quantitative estimate of drug-likeness (QED) is 0.492. The molecule has 1 aliphatic rings. The summed E-state index contributed by atoms with van der Waals surface area (Å²) in [6.45, 7) is 5.43. The monoisotopic (exact) mass is 199 g/mol. The van der Waals surface area contributed by atoms with Crippen molar-refractivity contribution >= 4 is 12.1 Å². The van der Waals surface area contributed by atoms with Crippen LogP contribution in [0.2, 0.25) is 0 Å². The largest absolute Gasteiger partial charge is 0.460 e. The summed E-state index contributed by atoms with van der Waals surface area (Å²) in [5.74, 6) is -0.447. The summed E-state index contributed by atoms with van der Waals surface area (Å²) in [5.41, 5.74) is 0.345. The summed E-state index contributed by atoms with van der Waals surface area (Å²) in [4.78, 5) is 23.3. The Morgan fingerprint density at radius 1 is 1.79 bits per heavy atom. The molecule has 1 saturated heterocycles. The fourth-order valence-corrected chi connectivity index (χ4v) is 0.985. The van der Waals surface area contributed by atoms with E-state index >= 15 is 0 Å². The number of carbonyl (C=O) groups excluding carboxylic acids is 2. The van der Waals surface area contributed by atoms with Gasteiger partial charge in [0.15, 0.2) is 0 Å². The van der Waals surface area contributed by atoms with E-state index in [0.717, 1.165) is 0 Å². The molecule has 0 aromatic carbocycles. The van der Waals surface area contributed by atoms with Gasteiger partial charge in [-0.1, -0.05) is 6.58 Å². The maximum absolute atomic E-state index is 11.0. The minimum Gasteiger partial charge on any atom is -0.460 e. The molecule has 0 aromatic rings. The zero-order valence-electron chi connectivity index (χ0n) is 8.28. The molecule has 5 heteroatoms. The lowest BCUT2D eigenvalue weighted by Gasteiger charge is -2.15. The highest BCUT2D eigenvalue weighted by Gasteiger charge is 2.30. The second-order valence-electron chi connectivity index (χ2n) is 3.22. The maximum atomic E-state index is 11.0. The van der Waals surface area contributed by atoms with Crippen LogP contribution in [0.5, 0.6) is 0 Å². The molecule has 0 N–H and O–H groups in total. The van der Waals surface area contributed by atoms with Crippen LogP contribution >= 0.6 is 0 Å². The van der Waals surface area contributed by atoms with Crippen molar-refractivity contribution in [3.63, 3.8) is 0 Å². The van der Waals surface area contributed by atoms with Crippen molar-refractivity contribution in [2.75, 3.05) is 20.3 Å². The summed E-state index contributed by atoms with van der Waals surface area (Å²) < 4.78 is 9.64. The number of rotatable bonds is 3. The SMILES string of the molecule is C=C(C)C(=O)OCC1COC(=O)N1C. The average Bonchev–Trinajstić information content (AvgIpc) is 2.44. The first-order valence-electron chi connectivity index (χ1n) is 4.24. The predicted molar refractivity (Wildman–Crippen MR) is 48.7 cm³/mol. The van der Waals surface area contributed by atoms with Crippen LogP contribution in [0.15, 0.2) is 12.2 Å². The second-order valence-corrected chi connectivity index (χ2v) is 3.22. The number of esters is 1. The molecular formula is C9H13NO4. The number of hydrogen-bond acceptors (Lipinski definition) is 4. The molecule has 0 radical (unpaired) electrons. The first-order valence-corrected chi connectivity index (χ1v) is 4.24. The first-order chi connectivity index (χ1) is 6.52. The van der Waals surface area contributed by atoms with Crippen LogP contribution in [-0.4, -0.2) is 43.3 Å². The highest BCUT2D eigenvalue weighted by Crippen LogP contribution is 2.10. The normalized spacial score (nSPS) is 20.6. The molecule has 14 heavy (non-hydrogen) atoms. The van der Waals surface area contributed by atoms with E-state index < -0.39 is 5.97 Å². The molecule has 1 rings (SSSR count). The Morgan fingerprint density at radius 3 is 2.86 bits per heavy atom. The Kier molecular flexibility index (Phi) is 3.11. The number of hydrogen-bond donors (Lipinski definition) is 0. The van der Waals surface area contributed by atoms with E-state index in [0.29, 0.717) is 5.57 Å². The zero-order valence-corrected chi connectivity index (χ0v) is 8.28. The van der Waals surface area contributed by atoms with E-state index in [9.17, 15) is 9.59 Å². The topological polar surface area (TPSA) is 55.8 Å². The lowest BCUT2D eigenvalue weighted by molar-refractivity contribution is -0.140. The fourth-order valence-electron chi connectivity index (χ4n) is 0.985. The van der Waals surface area contributed by atoms with Gasteiger partial charge in [0.25, 0.3) is 0 Å². The van der Waals surface area contributed by atoms with Gasteiger partial charge in [-0.05, 0) is 6.92 Å². The maximum Gasteiger partial charge on any atom is 0.410 e. The zero-order chi connectivity index (χ0) is 10.7. The molecule has 0 saturated carbocycles. The van der Waals surface area contributed by atoms with E-state index in [1.807, 2.05) is 0 Å². The summed E-state index contributed by atoms with van der Waals surface area (Å²) in [6, 6.07) is -0.189. The molecule has 5 nitrogen and oxygen atoms in total. The number of carbonyl (C=O) groups is 2. The molecule has 1 amide bonds. The van der Waals surface area contributed by atoms with Gasteiger partial charge in [0.05, 0.1) is 0 Å². The Hall–Kier alpha value is -1.52. The van der Waals surface area contributed by atoms with Crippen LogP contribution in [0, 0.1) is 0 Å². The molecule has 1 heterocycles. The Morgan fingerprint density at radius 2 is 2.43 bits per heavy atom. The minimum absolute atomic E-state index is 0.147. The number of amides is 1. The average molecular weight is 199 g/mol. The first kappa shape index (κ1) is 10.6. The van der Waals surface area contributed by atoms with Crippen molar-refractivity contribution < 1.29 is 19.1 Å². The molecule has 0 bridgehead atoms. The second kappa shape index (κ2) is 4.13. The van der Waals surface area contributed by atoms with Crippen LogP contribution in [-0.2, 0) is 14.3 Å². The number of ether oxygens (including phenoxy) is 2. The summed E-state index contributed by atoms with van der Waals surface area (Å²) in [6.07, 6.45) is -0.388. The van der Waals surface area contributed by atoms with Crippen LogP contribution in [0.25, 0.3) is 0 Å². The highest BCUT2D eigenvalue weighted by molar-refractivity contribution is 5.87. The van der Waals surface area contributed by atoms with Gasteiger partial charge in [0.2, 0.25) is 0 Å². The van der Waals surface area contributed by atoms with Crippen molar-refractivity contribution in [3.8, 4) is 0 Å². The molecule has 0 aromatic heterocycles. The lowest BCUT2D eigenvalue weighted by Crippen LogP contribution is -2.34. The fraction of sp³-hybridized carbons (Fsp3) is 0.556. The molecule has 0 spiro atoms. The van der Waals surface area contributed by atoms with Crippen LogP contribution in [0.3, 0.4) is 0 Å². The lowest BCUT2D eigenvalue weighted by atomic mass is 10.3. The van der Waals surface area contributed by atoms with Crippen LogP contribution in [0.1, 0.15) is 6.92 Å². The van der Waals surface area contributed by atoms with Gasteiger partial charge < -0.3 is 14.4 Å². The summed E-state index contributed by atoms with van der Waals surface area (Å²) in [5, 5.41) is 0. The van der Waals surface area contributed by atoms with Crippen molar-refractivity contribution in [3.05, 3.63) is 12.2 Å². The summed E-state index contributed by atoms with van der Waals surface area (Å²) in [7, 11) is 1.61. The van der Waals surface area contributed by atoms with Crippen molar-refractivity contribution in [2.24, 2.45) is 0 Å². The third-order valence-electron chi connectivity index (χ3n) is 1.99. The third-order valence-corrected chi connectivity index (χ3v) is 1.99. The molecule has 0 aliphatic carbocycles. The molecular weight excluding hydrogens is 186 g/mol. The van der Waals surface area contributed by atoms with E-state index in [-0.39, 0.29) is 25.3 Å². The highest BCUT2D eigenvalue weighted by atomic mass is 16.6. The van der Waals surface area contributed by atoms with Gasteiger partial charge in [0, 0.05) is 12.6 Å². The van der Waals surface area contributed by atoms with Gasteiger partial charge in [-0.25, -0.2) is 9.59 Å². The Balaban J connectivity index is 2.36. The molecule has 1 unspecified atom stereocenters. The predicted octanol–water partition coefficient (Wildman–Crippen LogP) is 0.556. The van der Waals surface area contributed by atoms with Gasteiger partial charge in [-0.15, -0.1) is 0 Å². The molecule has 1 atom stereocenters. The summed E-state index contributed by atoms with van der Waals surface area (Å²) >= 11 is 0. The van der Waals surface area contributed by atoms with E-state index in [1.54, 1.807) is 14.0 Å². The van der Waals surface area contributed by atoms with Gasteiger partial charge >= 0.3 is 12.1 Å². The van der Waals surface area contributed by atoms with Crippen molar-refractivity contribution in [2.45, 2.75) is 13.0 Å². The number of likely N-dealkylation sites (N-methyl/N-ethyl adjacent to an activating group) is 1. The van der Waals surface area contributed by atoms with Crippen molar-refractivity contribution in [1.82, 2.24) is 4.90 Å². The molecule has 78 valence electrons. The smallest absolute Gasteiger partial charge is 0.410 e. The van der Waals surface area contributed by atoms with E-state index in [4.69, 9.17) is 9.47 Å². The van der Waals surface area contributed by atoms with E-state index in [2.05, 4.69) is 6.58 Å². The number of nitrogens with zero attached hydrogens (tertiary/aromatic N) is 1. The van der Waals surface area contributed by atoms with Crippen molar-refractivity contribution in [1.29, 1.82) is 0 Å². The van der Waals surface area contributed by atoms with E-state index in [1.165, 1.54) is 4.90 Å². The van der Waals surface area contributed by atoms with Gasteiger partial charge in [-0.2, -0.15) is 0 Å². The number of cyclic esters (lactones) is 1. The van der Waals surface area contributed by atoms with Gasteiger partial charge in [0.1, 0.15) is 19.3 Å². The Bertz CT molecular complexity index is 274. The van der Waals surface area contributed by atoms with Gasteiger partial charge in [-0.3, -0.25) is 0 Å². The standard InChI is InChI=1S/C9H13NO4/c1-6(2)8(11)13-4-7-5-14-9(12)10(7)3/h7H,1,4-5H2,2-3H3.